The molecule has 1 aromatic rings. The molecule has 1 saturated carbocycles. The van der Waals surface area contributed by atoms with Gasteiger partial charge in [-0.3, -0.25) is 4.79 Å². The van der Waals surface area contributed by atoms with E-state index in [4.69, 9.17) is 5.14 Å². The average Bonchev–Trinajstić information content (AvgIpc) is 3.21. The lowest BCUT2D eigenvalue weighted by molar-refractivity contribution is 0.0952. The van der Waals surface area contributed by atoms with Crippen molar-refractivity contribution in [1.29, 1.82) is 0 Å². The van der Waals surface area contributed by atoms with Gasteiger partial charge in [0.25, 0.3) is 5.91 Å². The maximum absolute atomic E-state index is 12.0. The van der Waals surface area contributed by atoms with Crippen molar-refractivity contribution in [2.75, 3.05) is 25.5 Å². The van der Waals surface area contributed by atoms with E-state index in [0.29, 0.717) is 17.8 Å². The van der Waals surface area contributed by atoms with Crippen molar-refractivity contribution in [3.8, 4) is 0 Å². The summed E-state index contributed by atoms with van der Waals surface area (Å²) in [6, 6.07) is 4.53. The van der Waals surface area contributed by atoms with E-state index in [9.17, 15) is 13.2 Å². The molecule has 0 unspecified atom stereocenters. The van der Waals surface area contributed by atoms with E-state index in [1.54, 1.807) is 31.1 Å². The Morgan fingerprint density at radius 1 is 1.38 bits per heavy atom. The normalized spacial score (nSPS) is 14.8. The fourth-order valence-corrected chi connectivity index (χ4v) is 2.98. The molecule has 7 heteroatoms. The molecule has 0 aliphatic heterocycles. The summed E-state index contributed by atoms with van der Waals surface area (Å²) >= 11 is 0. The molecule has 2 rings (SSSR count). The first-order valence-electron chi connectivity index (χ1n) is 6.91. The summed E-state index contributed by atoms with van der Waals surface area (Å²) in [4.78, 5) is 13.7. The molecule has 6 nitrogen and oxygen atoms in total. The molecule has 3 N–H and O–H groups in total. The number of carbonyl (C=O) groups is 1. The first-order chi connectivity index (χ1) is 9.79. The first-order valence-corrected chi connectivity index (χ1v) is 8.46. The molecule has 116 valence electrons. The SMILES string of the molecule is CN(C)c1ccc(C(=O)NCCC2CC2)cc1S(N)(=O)=O. The smallest absolute Gasteiger partial charge is 0.251 e. The van der Waals surface area contributed by atoms with E-state index < -0.39 is 10.0 Å². The Morgan fingerprint density at radius 3 is 2.57 bits per heavy atom. The van der Waals surface area contributed by atoms with E-state index in [2.05, 4.69) is 5.32 Å². The molecule has 0 bridgehead atoms. The molecule has 0 radical (unpaired) electrons. The Labute approximate surface area is 125 Å². The summed E-state index contributed by atoms with van der Waals surface area (Å²) in [6.07, 6.45) is 3.45. The van der Waals surface area contributed by atoms with Gasteiger partial charge in [-0.25, -0.2) is 13.6 Å². The third-order valence-electron chi connectivity index (χ3n) is 3.55. The monoisotopic (exact) mass is 311 g/mol. The lowest BCUT2D eigenvalue weighted by Gasteiger charge is -2.17. The van der Waals surface area contributed by atoms with Gasteiger partial charge in [-0.2, -0.15) is 0 Å². The number of nitrogens with one attached hydrogen (secondary N) is 1. The molecule has 0 atom stereocenters. The van der Waals surface area contributed by atoms with Crippen LogP contribution in [-0.4, -0.2) is 35.0 Å². The number of nitrogens with two attached hydrogens (primary N) is 1. The highest BCUT2D eigenvalue weighted by Crippen LogP contribution is 2.31. The standard InChI is InChI=1S/C14H21N3O3S/c1-17(2)12-6-5-11(9-13(12)21(15,19)20)14(18)16-8-7-10-3-4-10/h5-6,9-10H,3-4,7-8H2,1-2H3,(H,16,18)(H2,15,19,20). The van der Waals surface area contributed by atoms with Crippen LogP contribution in [0.25, 0.3) is 0 Å². The summed E-state index contributed by atoms with van der Waals surface area (Å²) in [5.41, 5.74) is 0.771. The summed E-state index contributed by atoms with van der Waals surface area (Å²) in [7, 11) is -0.437. The lowest BCUT2D eigenvalue weighted by atomic mass is 10.2. The first kappa shape index (κ1) is 15.8. The molecule has 1 aromatic carbocycles. The molecule has 0 spiro atoms. The van der Waals surface area contributed by atoms with Crippen LogP contribution >= 0.6 is 0 Å². The van der Waals surface area contributed by atoms with Gasteiger partial charge in [0.1, 0.15) is 4.90 Å². The number of benzene rings is 1. The highest BCUT2D eigenvalue weighted by Gasteiger charge is 2.21. The average molecular weight is 311 g/mol. The van der Waals surface area contributed by atoms with E-state index in [0.717, 1.165) is 12.3 Å². The maximum Gasteiger partial charge on any atom is 0.251 e. The summed E-state index contributed by atoms with van der Waals surface area (Å²) < 4.78 is 23.3. The number of rotatable bonds is 6. The van der Waals surface area contributed by atoms with Gasteiger partial charge >= 0.3 is 0 Å². The van der Waals surface area contributed by atoms with Crippen LogP contribution in [-0.2, 0) is 10.0 Å². The highest BCUT2D eigenvalue weighted by atomic mass is 32.2. The molecule has 0 aromatic heterocycles. The van der Waals surface area contributed by atoms with Crippen LogP contribution in [0.5, 0.6) is 0 Å². The zero-order valence-electron chi connectivity index (χ0n) is 12.3. The van der Waals surface area contributed by atoms with Crippen molar-refractivity contribution in [3.63, 3.8) is 0 Å². The van der Waals surface area contributed by atoms with Crippen LogP contribution < -0.4 is 15.4 Å². The number of nitrogens with zero attached hydrogens (tertiary/aromatic N) is 1. The van der Waals surface area contributed by atoms with Gasteiger partial charge in [-0.1, -0.05) is 12.8 Å². The Balaban J connectivity index is 2.17. The molecule has 1 aliphatic carbocycles. The van der Waals surface area contributed by atoms with Crippen molar-refractivity contribution >= 4 is 21.6 Å². The minimum atomic E-state index is -3.88. The number of amides is 1. The van der Waals surface area contributed by atoms with Gasteiger partial charge in [0.15, 0.2) is 0 Å². The molecule has 0 saturated heterocycles. The fourth-order valence-electron chi connectivity index (χ4n) is 2.15. The van der Waals surface area contributed by atoms with Crippen molar-refractivity contribution in [2.24, 2.45) is 11.1 Å². The summed E-state index contributed by atoms with van der Waals surface area (Å²) in [6.45, 7) is 0.615. The van der Waals surface area contributed by atoms with Crippen LogP contribution in [0.3, 0.4) is 0 Å². The fraction of sp³-hybridized carbons (Fsp3) is 0.500. The molecule has 1 fully saturated rings. The van der Waals surface area contributed by atoms with Crippen molar-refractivity contribution < 1.29 is 13.2 Å². The summed E-state index contributed by atoms with van der Waals surface area (Å²) in [5.74, 6) is 0.465. The second kappa shape index (κ2) is 6.03. The molecule has 0 heterocycles. The number of sulfonamides is 1. The van der Waals surface area contributed by atoms with Gasteiger partial charge in [-0.15, -0.1) is 0 Å². The van der Waals surface area contributed by atoms with Crippen molar-refractivity contribution in [3.05, 3.63) is 23.8 Å². The topological polar surface area (TPSA) is 92.5 Å². The zero-order chi connectivity index (χ0) is 15.6. The predicted molar refractivity (Wildman–Crippen MR) is 81.8 cm³/mol. The van der Waals surface area contributed by atoms with E-state index in [1.165, 1.54) is 18.9 Å². The number of hydrogen-bond acceptors (Lipinski definition) is 4. The second-order valence-electron chi connectivity index (χ2n) is 5.61. The van der Waals surface area contributed by atoms with Crippen LogP contribution in [0.2, 0.25) is 0 Å². The maximum atomic E-state index is 12.0. The summed E-state index contributed by atoms with van der Waals surface area (Å²) in [5, 5.41) is 8.04. The molecule has 1 amide bonds. The number of primary sulfonamides is 1. The third kappa shape index (κ3) is 4.18. The van der Waals surface area contributed by atoms with E-state index in [-0.39, 0.29) is 10.8 Å². The largest absolute Gasteiger partial charge is 0.377 e. The number of hydrogen-bond donors (Lipinski definition) is 2. The van der Waals surface area contributed by atoms with E-state index >= 15 is 0 Å². The van der Waals surface area contributed by atoms with E-state index in [1.807, 2.05) is 0 Å². The van der Waals surface area contributed by atoms with Crippen LogP contribution in [0.15, 0.2) is 23.1 Å². The third-order valence-corrected chi connectivity index (χ3v) is 4.49. The minimum absolute atomic E-state index is 0.0395. The van der Waals surface area contributed by atoms with Gasteiger partial charge in [0.05, 0.1) is 5.69 Å². The Kier molecular flexibility index (Phi) is 4.53. The zero-order valence-corrected chi connectivity index (χ0v) is 13.1. The van der Waals surface area contributed by atoms with Crippen molar-refractivity contribution in [2.45, 2.75) is 24.2 Å². The Hall–Kier alpha value is -1.60. The molecule has 1 aliphatic rings. The van der Waals surface area contributed by atoms with Crippen molar-refractivity contribution in [1.82, 2.24) is 5.32 Å². The van der Waals surface area contributed by atoms with Gasteiger partial charge < -0.3 is 10.2 Å². The predicted octanol–water partition coefficient (Wildman–Crippen LogP) is 0.930. The molecular formula is C14H21N3O3S. The molecule has 21 heavy (non-hydrogen) atoms. The second-order valence-corrected chi connectivity index (χ2v) is 7.14. The van der Waals surface area contributed by atoms with Gasteiger partial charge in [-0.05, 0) is 30.5 Å². The van der Waals surface area contributed by atoms with Crippen LogP contribution in [0.4, 0.5) is 5.69 Å². The Bertz CT molecular complexity index is 637. The van der Waals surface area contributed by atoms with Crippen LogP contribution in [0.1, 0.15) is 29.6 Å². The van der Waals surface area contributed by atoms with Gasteiger partial charge in [0.2, 0.25) is 10.0 Å². The van der Waals surface area contributed by atoms with Gasteiger partial charge in [0, 0.05) is 26.2 Å². The Morgan fingerprint density at radius 2 is 2.05 bits per heavy atom. The highest BCUT2D eigenvalue weighted by molar-refractivity contribution is 7.89. The molecular weight excluding hydrogens is 290 g/mol. The quantitative estimate of drug-likeness (QED) is 0.817. The van der Waals surface area contributed by atoms with Crippen LogP contribution in [0, 0.1) is 5.92 Å². The number of anilines is 1. The number of carbonyl (C=O) groups excluding carboxylic acids is 1. The minimum Gasteiger partial charge on any atom is -0.377 e. The lowest BCUT2D eigenvalue weighted by Crippen LogP contribution is -2.26.